The van der Waals surface area contributed by atoms with Crippen LogP contribution in [0.2, 0.25) is 0 Å². The second-order valence-electron chi connectivity index (χ2n) is 7.09. The molecule has 18 heavy (non-hydrogen) atoms. The Balaban J connectivity index is 1.95. The maximum absolute atomic E-state index is 11.4. The first kappa shape index (κ1) is 12.5. The highest BCUT2D eigenvalue weighted by atomic mass is 16.5. The van der Waals surface area contributed by atoms with Gasteiger partial charge in [0.1, 0.15) is 0 Å². The number of ether oxygens (including phenoxy) is 1. The Bertz CT molecular complexity index is 365. The number of carboxylic acids is 1. The second-order valence-corrected chi connectivity index (χ2v) is 7.09. The van der Waals surface area contributed by atoms with Crippen molar-refractivity contribution < 1.29 is 14.6 Å². The van der Waals surface area contributed by atoms with Crippen LogP contribution < -0.4 is 0 Å². The van der Waals surface area contributed by atoms with Crippen LogP contribution in [0.1, 0.15) is 46.5 Å². The number of hydrogen-bond donors (Lipinski definition) is 1. The fourth-order valence-electron chi connectivity index (χ4n) is 4.99. The molecular formula is C15H24O3. The minimum atomic E-state index is -0.655. The summed E-state index contributed by atoms with van der Waals surface area (Å²) in [5.74, 6) is 0.815. The Morgan fingerprint density at radius 3 is 2.67 bits per heavy atom. The van der Waals surface area contributed by atoms with Crippen LogP contribution in [0.4, 0.5) is 0 Å². The van der Waals surface area contributed by atoms with E-state index in [-0.39, 0.29) is 17.4 Å². The van der Waals surface area contributed by atoms with Crippen molar-refractivity contribution in [2.45, 2.75) is 58.7 Å². The molecule has 2 heterocycles. The fourth-order valence-corrected chi connectivity index (χ4v) is 4.99. The average Bonchev–Trinajstić information content (AvgIpc) is 2.75. The Kier molecular flexibility index (Phi) is 2.74. The molecule has 3 aliphatic rings. The van der Waals surface area contributed by atoms with Gasteiger partial charge in [-0.1, -0.05) is 20.8 Å². The molecule has 0 aromatic rings. The molecule has 1 aliphatic carbocycles. The smallest absolute Gasteiger partial charge is 0.309 e. The van der Waals surface area contributed by atoms with E-state index in [0.717, 1.165) is 12.8 Å². The number of aliphatic carboxylic acids is 1. The highest BCUT2D eigenvalue weighted by molar-refractivity contribution is 5.71. The summed E-state index contributed by atoms with van der Waals surface area (Å²) in [7, 11) is 0. The number of rotatable bonds is 2. The molecule has 0 aromatic heterocycles. The van der Waals surface area contributed by atoms with Crippen molar-refractivity contribution in [3.05, 3.63) is 0 Å². The Morgan fingerprint density at radius 2 is 2.06 bits per heavy atom. The lowest BCUT2D eigenvalue weighted by Crippen LogP contribution is -2.38. The van der Waals surface area contributed by atoms with Crippen LogP contribution in [0, 0.1) is 29.1 Å². The van der Waals surface area contributed by atoms with Gasteiger partial charge in [-0.2, -0.15) is 0 Å². The number of fused-ring (bicyclic) bond motifs is 5. The largest absolute Gasteiger partial charge is 0.481 e. The maximum Gasteiger partial charge on any atom is 0.309 e. The van der Waals surface area contributed by atoms with E-state index in [1.165, 1.54) is 12.8 Å². The molecule has 102 valence electrons. The molecule has 0 spiro atoms. The van der Waals surface area contributed by atoms with Crippen molar-refractivity contribution in [2.75, 3.05) is 0 Å². The van der Waals surface area contributed by atoms with Gasteiger partial charge in [-0.3, -0.25) is 4.79 Å². The summed E-state index contributed by atoms with van der Waals surface area (Å²) in [5, 5.41) is 9.41. The highest BCUT2D eigenvalue weighted by Crippen LogP contribution is 2.62. The van der Waals surface area contributed by atoms with Crippen LogP contribution in [-0.4, -0.2) is 23.3 Å². The van der Waals surface area contributed by atoms with E-state index >= 15 is 0 Å². The van der Waals surface area contributed by atoms with Gasteiger partial charge in [0.25, 0.3) is 0 Å². The topological polar surface area (TPSA) is 46.5 Å². The van der Waals surface area contributed by atoms with E-state index in [4.69, 9.17) is 4.74 Å². The normalized spacial score (nSPS) is 50.6. The molecule has 0 amide bonds. The zero-order chi connectivity index (χ0) is 13.1. The van der Waals surface area contributed by atoms with Gasteiger partial charge in [0, 0.05) is 0 Å². The predicted molar refractivity (Wildman–Crippen MR) is 68.2 cm³/mol. The third kappa shape index (κ3) is 1.49. The van der Waals surface area contributed by atoms with Crippen molar-refractivity contribution in [1.82, 2.24) is 0 Å². The van der Waals surface area contributed by atoms with Crippen molar-refractivity contribution >= 4 is 5.97 Å². The predicted octanol–water partition coefficient (Wildman–Crippen LogP) is 2.94. The molecule has 1 N–H and O–H groups in total. The SMILES string of the molecule is CC(C)C1CCC2(C)C3CCC(C(=O)O)C(O3)C12. The Labute approximate surface area is 109 Å². The maximum atomic E-state index is 11.4. The van der Waals surface area contributed by atoms with Gasteiger partial charge in [0.2, 0.25) is 0 Å². The van der Waals surface area contributed by atoms with E-state index in [0.29, 0.717) is 23.9 Å². The van der Waals surface area contributed by atoms with Crippen LogP contribution in [-0.2, 0) is 9.53 Å². The summed E-state index contributed by atoms with van der Waals surface area (Å²) in [6.07, 6.45) is 4.50. The zero-order valence-electron chi connectivity index (χ0n) is 11.6. The monoisotopic (exact) mass is 252 g/mol. The highest BCUT2D eigenvalue weighted by Gasteiger charge is 2.63. The minimum Gasteiger partial charge on any atom is -0.481 e. The van der Waals surface area contributed by atoms with Gasteiger partial charge < -0.3 is 9.84 Å². The molecule has 0 aromatic carbocycles. The minimum absolute atomic E-state index is 0.0267. The molecule has 3 rings (SSSR count). The quantitative estimate of drug-likeness (QED) is 0.822. The first-order valence-corrected chi connectivity index (χ1v) is 7.33. The van der Waals surface area contributed by atoms with Crippen LogP contribution in [0.15, 0.2) is 0 Å². The standard InChI is InChI=1S/C15H24O3/c1-8(2)9-6-7-15(3)11-5-4-10(14(16)17)13(18-11)12(9)15/h8-13H,4-7H2,1-3H3,(H,16,17). The number of carbonyl (C=O) groups is 1. The third-order valence-corrected chi connectivity index (χ3v) is 5.96. The van der Waals surface area contributed by atoms with Gasteiger partial charge in [-0.15, -0.1) is 0 Å². The summed E-state index contributed by atoms with van der Waals surface area (Å²) in [5.41, 5.74) is 0.240. The molecule has 3 heteroatoms. The van der Waals surface area contributed by atoms with Crippen LogP contribution >= 0.6 is 0 Å². The summed E-state index contributed by atoms with van der Waals surface area (Å²) in [6.45, 7) is 6.89. The van der Waals surface area contributed by atoms with Crippen molar-refractivity contribution in [3.8, 4) is 0 Å². The van der Waals surface area contributed by atoms with Gasteiger partial charge in [0.05, 0.1) is 18.1 Å². The summed E-state index contributed by atoms with van der Waals surface area (Å²) >= 11 is 0. The van der Waals surface area contributed by atoms with Crippen LogP contribution in [0.5, 0.6) is 0 Å². The van der Waals surface area contributed by atoms with Crippen LogP contribution in [0.3, 0.4) is 0 Å². The number of carboxylic acid groups (broad SMARTS) is 1. The van der Waals surface area contributed by atoms with E-state index in [1.54, 1.807) is 0 Å². The average molecular weight is 252 g/mol. The van der Waals surface area contributed by atoms with Gasteiger partial charge in [-0.25, -0.2) is 0 Å². The lowest BCUT2D eigenvalue weighted by molar-refractivity contribution is -0.154. The summed E-state index contributed by atoms with van der Waals surface area (Å²) in [6, 6.07) is 0. The summed E-state index contributed by atoms with van der Waals surface area (Å²) < 4.78 is 6.14. The van der Waals surface area contributed by atoms with E-state index in [1.807, 2.05) is 0 Å². The van der Waals surface area contributed by atoms with E-state index < -0.39 is 5.97 Å². The molecule has 1 saturated carbocycles. The molecular weight excluding hydrogens is 228 g/mol. The molecule has 3 fully saturated rings. The van der Waals surface area contributed by atoms with E-state index in [9.17, 15) is 9.90 Å². The zero-order valence-corrected chi connectivity index (χ0v) is 11.6. The van der Waals surface area contributed by atoms with Crippen LogP contribution in [0.25, 0.3) is 0 Å². The van der Waals surface area contributed by atoms with Crippen molar-refractivity contribution in [2.24, 2.45) is 29.1 Å². The van der Waals surface area contributed by atoms with Crippen molar-refractivity contribution in [3.63, 3.8) is 0 Å². The Hall–Kier alpha value is -0.570. The van der Waals surface area contributed by atoms with E-state index in [2.05, 4.69) is 20.8 Å². The van der Waals surface area contributed by atoms with Gasteiger partial charge >= 0.3 is 5.97 Å². The third-order valence-electron chi connectivity index (χ3n) is 5.96. The summed E-state index contributed by atoms with van der Waals surface area (Å²) in [4.78, 5) is 11.4. The first-order valence-electron chi connectivity index (χ1n) is 7.33. The van der Waals surface area contributed by atoms with Gasteiger partial charge in [-0.05, 0) is 48.9 Å². The first-order chi connectivity index (χ1) is 8.45. The van der Waals surface area contributed by atoms with Gasteiger partial charge in [0.15, 0.2) is 0 Å². The molecule has 6 atom stereocenters. The number of hydrogen-bond acceptors (Lipinski definition) is 2. The second kappa shape index (κ2) is 3.96. The lowest BCUT2D eigenvalue weighted by Gasteiger charge is -2.32. The van der Waals surface area contributed by atoms with Crippen molar-refractivity contribution in [1.29, 1.82) is 0 Å². The molecule has 3 nitrogen and oxygen atoms in total. The fraction of sp³-hybridized carbons (Fsp3) is 0.933. The molecule has 2 bridgehead atoms. The molecule has 2 saturated heterocycles. The molecule has 0 radical (unpaired) electrons. The Morgan fingerprint density at radius 1 is 1.33 bits per heavy atom. The molecule has 6 unspecified atom stereocenters. The lowest BCUT2D eigenvalue weighted by atomic mass is 9.70. The molecule has 2 aliphatic heterocycles.